The van der Waals surface area contributed by atoms with Crippen LogP contribution in [0.4, 0.5) is 0 Å². The highest BCUT2D eigenvalue weighted by Crippen LogP contribution is 2.23. The fourth-order valence-corrected chi connectivity index (χ4v) is 3.35. The van der Waals surface area contributed by atoms with Crippen molar-refractivity contribution in [3.05, 3.63) is 29.8 Å². The first-order valence-corrected chi connectivity index (χ1v) is 7.99. The van der Waals surface area contributed by atoms with Crippen LogP contribution >= 0.6 is 0 Å². The van der Waals surface area contributed by atoms with E-state index in [1.165, 1.54) is 24.9 Å². The van der Waals surface area contributed by atoms with Crippen LogP contribution in [0.15, 0.2) is 24.3 Å². The van der Waals surface area contributed by atoms with E-state index >= 15 is 0 Å². The summed E-state index contributed by atoms with van der Waals surface area (Å²) in [6, 6.07) is 9.23. The summed E-state index contributed by atoms with van der Waals surface area (Å²) in [6.07, 6.45) is 2.95. The fourth-order valence-electron chi connectivity index (χ4n) is 3.35. The van der Waals surface area contributed by atoms with E-state index in [4.69, 9.17) is 9.47 Å². The number of rotatable bonds is 5. The Balaban J connectivity index is 1.50. The van der Waals surface area contributed by atoms with Crippen LogP contribution in [0.5, 0.6) is 5.75 Å². The number of hydrogen-bond donors (Lipinski definition) is 1. The molecule has 2 aliphatic rings. The molecule has 1 N–H and O–H groups in total. The van der Waals surface area contributed by atoms with Gasteiger partial charge in [0.25, 0.3) is 0 Å². The lowest BCUT2D eigenvalue weighted by Crippen LogP contribution is -2.49. The molecule has 0 radical (unpaired) electrons. The largest absolute Gasteiger partial charge is 0.497 e. The van der Waals surface area contributed by atoms with E-state index in [-0.39, 0.29) is 0 Å². The second-order valence-corrected chi connectivity index (χ2v) is 6.15. The van der Waals surface area contributed by atoms with Crippen LogP contribution in [0.25, 0.3) is 0 Å². The standard InChI is InChI=1S/C17H26N2O2/c1-13(14-5-3-7-16(9-14)20-2)18-10-17-11-19-8-4-6-15(19)12-21-17/h3,5,7,9,13,15,17-18H,4,6,8,10-12H2,1-2H3. The Labute approximate surface area is 127 Å². The molecule has 0 saturated carbocycles. The first-order valence-electron chi connectivity index (χ1n) is 7.99. The number of morpholine rings is 1. The Morgan fingerprint density at radius 1 is 1.48 bits per heavy atom. The zero-order valence-corrected chi connectivity index (χ0v) is 13.0. The molecule has 4 nitrogen and oxygen atoms in total. The molecular weight excluding hydrogens is 264 g/mol. The van der Waals surface area contributed by atoms with Crippen LogP contribution in [-0.4, -0.2) is 50.4 Å². The Morgan fingerprint density at radius 3 is 3.24 bits per heavy atom. The molecule has 0 amide bonds. The van der Waals surface area contributed by atoms with E-state index in [1.54, 1.807) is 7.11 Å². The molecule has 116 valence electrons. The van der Waals surface area contributed by atoms with Crippen LogP contribution in [0.2, 0.25) is 0 Å². The second-order valence-electron chi connectivity index (χ2n) is 6.15. The molecule has 3 atom stereocenters. The lowest BCUT2D eigenvalue weighted by molar-refractivity contribution is -0.0477. The van der Waals surface area contributed by atoms with Gasteiger partial charge < -0.3 is 14.8 Å². The highest BCUT2D eigenvalue weighted by molar-refractivity contribution is 5.30. The van der Waals surface area contributed by atoms with Gasteiger partial charge in [-0.05, 0) is 44.0 Å². The molecule has 2 heterocycles. The van der Waals surface area contributed by atoms with Crippen molar-refractivity contribution in [2.45, 2.75) is 38.0 Å². The van der Waals surface area contributed by atoms with Crippen molar-refractivity contribution < 1.29 is 9.47 Å². The monoisotopic (exact) mass is 290 g/mol. The second kappa shape index (κ2) is 6.77. The molecule has 2 saturated heterocycles. The van der Waals surface area contributed by atoms with Crippen molar-refractivity contribution in [1.82, 2.24) is 10.2 Å². The molecule has 0 aliphatic carbocycles. The molecular formula is C17H26N2O2. The summed E-state index contributed by atoms with van der Waals surface area (Å²) in [6.45, 7) is 6.32. The van der Waals surface area contributed by atoms with Crippen molar-refractivity contribution >= 4 is 0 Å². The van der Waals surface area contributed by atoms with Gasteiger partial charge in [0.1, 0.15) is 5.75 Å². The number of hydrogen-bond acceptors (Lipinski definition) is 4. The Hall–Kier alpha value is -1.10. The van der Waals surface area contributed by atoms with Gasteiger partial charge >= 0.3 is 0 Å². The normalized spacial score (nSPS) is 27.3. The average molecular weight is 290 g/mol. The first kappa shape index (κ1) is 14.8. The molecule has 2 aliphatic heterocycles. The Kier molecular flexibility index (Phi) is 4.78. The van der Waals surface area contributed by atoms with Crippen LogP contribution in [0, 0.1) is 0 Å². The summed E-state index contributed by atoms with van der Waals surface area (Å²) in [5, 5.41) is 3.59. The summed E-state index contributed by atoms with van der Waals surface area (Å²) in [5.41, 5.74) is 1.25. The first-order chi connectivity index (χ1) is 10.3. The van der Waals surface area contributed by atoms with Gasteiger partial charge in [0.05, 0.1) is 19.8 Å². The minimum atomic E-state index is 0.306. The van der Waals surface area contributed by atoms with Crippen molar-refractivity contribution in [2.75, 3.05) is 33.4 Å². The van der Waals surface area contributed by atoms with Gasteiger partial charge in [-0.25, -0.2) is 0 Å². The SMILES string of the molecule is COc1cccc(C(C)NCC2CN3CCCC3CO2)c1. The maximum Gasteiger partial charge on any atom is 0.119 e. The van der Waals surface area contributed by atoms with E-state index in [0.29, 0.717) is 18.2 Å². The van der Waals surface area contributed by atoms with Gasteiger partial charge in [-0.15, -0.1) is 0 Å². The van der Waals surface area contributed by atoms with Crippen molar-refractivity contribution in [1.29, 1.82) is 0 Å². The van der Waals surface area contributed by atoms with Crippen LogP contribution in [-0.2, 0) is 4.74 Å². The average Bonchev–Trinajstić information content (AvgIpc) is 3.00. The molecule has 2 fully saturated rings. The van der Waals surface area contributed by atoms with Crippen molar-refractivity contribution in [3.8, 4) is 5.75 Å². The van der Waals surface area contributed by atoms with E-state index in [2.05, 4.69) is 29.3 Å². The molecule has 3 rings (SSSR count). The number of ether oxygens (including phenoxy) is 2. The molecule has 0 bridgehead atoms. The smallest absolute Gasteiger partial charge is 0.119 e. The number of benzene rings is 1. The fraction of sp³-hybridized carbons (Fsp3) is 0.647. The molecule has 4 heteroatoms. The van der Waals surface area contributed by atoms with Crippen LogP contribution in [0.3, 0.4) is 0 Å². The minimum Gasteiger partial charge on any atom is -0.497 e. The number of nitrogens with zero attached hydrogens (tertiary/aromatic N) is 1. The molecule has 3 unspecified atom stereocenters. The van der Waals surface area contributed by atoms with Crippen molar-refractivity contribution in [3.63, 3.8) is 0 Å². The van der Waals surface area contributed by atoms with Gasteiger partial charge in [0.2, 0.25) is 0 Å². The summed E-state index contributed by atoms with van der Waals surface area (Å²) in [7, 11) is 1.71. The highest BCUT2D eigenvalue weighted by atomic mass is 16.5. The van der Waals surface area contributed by atoms with Gasteiger partial charge in [-0.3, -0.25) is 4.90 Å². The predicted molar refractivity (Wildman–Crippen MR) is 83.7 cm³/mol. The third-order valence-electron chi connectivity index (χ3n) is 4.71. The van der Waals surface area contributed by atoms with E-state index in [1.807, 2.05) is 12.1 Å². The van der Waals surface area contributed by atoms with Gasteiger partial charge in [-0.1, -0.05) is 12.1 Å². The molecule has 1 aromatic rings. The molecule has 0 spiro atoms. The summed E-state index contributed by atoms with van der Waals surface area (Å²) in [4.78, 5) is 2.59. The lowest BCUT2D eigenvalue weighted by atomic mass is 10.1. The maximum atomic E-state index is 5.99. The zero-order chi connectivity index (χ0) is 14.7. The van der Waals surface area contributed by atoms with E-state index in [0.717, 1.165) is 25.4 Å². The molecule has 21 heavy (non-hydrogen) atoms. The van der Waals surface area contributed by atoms with Gasteiger partial charge in [-0.2, -0.15) is 0 Å². The zero-order valence-electron chi connectivity index (χ0n) is 13.0. The van der Waals surface area contributed by atoms with Gasteiger partial charge in [0.15, 0.2) is 0 Å². The third kappa shape index (κ3) is 3.57. The number of fused-ring (bicyclic) bond motifs is 1. The topological polar surface area (TPSA) is 33.7 Å². The van der Waals surface area contributed by atoms with Crippen LogP contribution in [0.1, 0.15) is 31.4 Å². The third-order valence-corrected chi connectivity index (χ3v) is 4.71. The Morgan fingerprint density at radius 2 is 2.38 bits per heavy atom. The number of methoxy groups -OCH3 is 1. The van der Waals surface area contributed by atoms with E-state index in [9.17, 15) is 0 Å². The molecule has 0 aromatic heterocycles. The predicted octanol–water partition coefficient (Wildman–Crippen LogP) is 2.21. The Bertz CT molecular complexity index is 466. The lowest BCUT2D eigenvalue weighted by Gasteiger charge is -2.35. The summed E-state index contributed by atoms with van der Waals surface area (Å²) in [5.74, 6) is 0.912. The maximum absolute atomic E-state index is 5.99. The summed E-state index contributed by atoms with van der Waals surface area (Å²) < 4.78 is 11.3. The van der Waals surface area contributed by atoms with E-state index < -0.39 is 0 Å². The van der Waals surface area contributed by atoms with Crippen LogP contribution < -0.4 is 10.1 Å². The number of nitrogens with one attached hydrogen (secondary N) is 1. The molecule has 1 aromatic carbocycles. The van der Waals surface area contributed by atoms with Gasteiger partial charge in [0, 0.05) is 25.2 Å². The van der Waals surface area contributed by atoms with Crippen molar-refractivity contribution in [2.24, 2.45) is 0 Å². The minimum absolute atomic E-state index is 0.306. The quantitative estimate of drug-likeness (QED) is 0.901. The highest BCUT2D eigenvalue weighted by Gasteiger charge is 2.32. The summed E-state index contributed by atoms with van der Waals surface area (Å²) >= 11 is 0.